The van der Waals surface area contributed by atoms with Crippen molar-refractivity contribution < 1.29 is 44.5 Å². The Bertz CT molecular complexity index is 1890. The SMILES string of the molecule is COCCOc1ccc2c3c1O[C@H]1[C@@H](O)CC[C@@]4(O)[C@@H](C2)N(CC2CCC2)CC[C@]314.Oc1ccc2c3c1O[C@H]1[C@@H](O)CC[C@@]4(O)[C@@H](C2)N(CC2CCC2)CC[C@]314. The van der Waals surface area contributed by atoms with Gasteiger partial charge in [-0.05, 0) is 125 Å². The minimum absolute atomic E-state index is 0.0819. The Labute approximate surface area is 329 Å². The Kier molecular flexibility index (Phi) is 8.41. The van der Waals surface area contributed by atoms with Crippen LogP contribution in [0.5, 0.6) is 23.0 Å². The molecule has 11 nitrogen and oxygen atoms in total. The van der Waals surface area contributed by atoms with Crippen LogP contribution in [0, 0.1) is 11.8 Å². The molecule has 0 aromatic heterocycles. The Hall–Kier alpha value is -2.64. The maximum absolute atomic E-state index is 12.3. The van der Waals surface area contributed by atoms with Gasteiger partial charge in [-0.25, -0.2) is 0 Å². The highest BCUT2D eigenvalue weighted by molar-refractivity contribution is 5.64. The smallest absolute Gasteiger partial charge is 0.166 e. The summed E-state index contributed by atoms with van der Waals surface area (Å²) in [5, 5.41) is 56.5. The summed E-state index contributed by atoms with van der Waals surface area (Å²) in [5.41, 5.74) is 1.69. The third-order valence-corrected chi connectivity index (χ3v) is 17.0. The number of aromatic hydroxyl groups is 1. The van der Waals surface area contributed by atoms with Gasteiger partial charge in [0.05, 0.1) is 40.8 Å². The van der Waals surface area contributed by atoms with Crippen molar-refractivity contribution in [2.45, 2.75) is 148 Å². The van der Waals surface area contributed by atoms with Crippen LogP contribution in [0.4, 0.5) is 0 Å². The van der Waals surface area contributed by atoms with Crippen molar-refractivity contribution in [1.29, 1.82) is 0 Å². The molecule has 4 bridgehead atoms. The highest BCUT2D eigenvalue weighted by atomic mass is 16.6. The van der Waals surface area contributed by atoms with Crippen molar-refractivity contribution in [3.8, 4) is 23.0 Å². The number of phenolic OH excluding ortho intramolecular Hbond substituents is 1. The summed E-state index contributed by atoms with van der Waals surface area (Å²) < 4.78 is 23.7. The molecule has 4 aliphatic heterocycles. The molecule has 4 saturated carbocycles. The minimum atomic E-state index is -0.884. The molecule has 12 rings (SSSR count). The van der Waals surface area contributed by atoms with E-state index in [0.717, 1.165) is 80.6 Å². The molecule has 2 aromatic carbocycles. The number of methoxy groups -OCH3 is 1. The number of hydrogen-bond acceptors (Lipinski definition) is 11. The van der Waals surface area contributed by atoms with E-state index in [2.05, 4.69) is 15.9 Å². The van der Waals surface area contributed by atoms with Crippen molar-refractivity contribution in [3.63, 3.8) is 0 Å². The Balaban J connectivity index is 0.000000131. The standard InChI is InChI=1S/C24H33NO5.C21H27NO4/c1-28-11-12-29-18-6-5-16-13-19-24(27)8-7-17(26)22-23(24,20(16)21(18)30-22)9-10-25(19)14-15-3-2-4-15;23-14-5-4-13-10-16-21(25)7-6-15(24)19-20(21,17(13)18(14)26-19)8-9-22(16)11-12-2-1-3-12/h5-6,15,17,19,22,26-27H,2-4,7-14H2,1H3;4-5,12,15-16,19,23-25H,1-3,6-11H2/t17-,19+,22-,23-,24+;15-,16+,19-,20-,21+/m00/s1. The lowest BCUT2D eigenvalue weighted by molar-refractivity contribution is -0.209. The molecular weight excluding hydrogens is 712 g/mol. The predicted molar refractivity (Wildman–Crippen MR) is 207 cm³/mol. The molecule has 304 valence electrons. The van der Waals surface area contributed by atoms with Crippen LogP contribution in [-0.2, 0) is 28.4 Å². The highest BCUT2D eigenvalue weighted by Gasteiger charge is 2.74. The fraction of sp³-hybridized carbons (Fsp3) is 0.733. The van der Waals surface area contributed by atoms with Gasteiger partial charge in [-0.2, -0.15) is 0 Å². The summed E-state index contributed by atoms with van der Waals surface area (Å²) in [6.07, 6.45) is 11.6. The zero-order valence-electron chi connectivity index (χ0n) is 32.8. The zero-order chi connectivity index (χ0) is 38.2. The Morgan fingerprint density at radius 1 is 0.679 bits per heavy atom. The van der Waals surface area contributed by atoms with Gasteiger partial charge in [0, 0.05) is 43.4 Å². The molecule has 2 aromatic rings. The molecule has 2 saturated heterocycles. The zero-order valence-corrected chi connectivity index (χ0v) is 32.8. The van der Waals surface area contributed by atoms with E-state index >= 15 is 0 Å². The molecule has 10 aliphatic rings. The number of ether oxygens (including phenoxy) is 4. The molecule has 4 heterocycles. The van der Waals surface area contributed by atoms with E-state index in [1.165, 1.54) is 49.7 Å². The number of hydrogen-bond donors (Lipinski definition) is 5. The van der Waals surface area contributed by atoms with Crippen molar-refractivity contribution >= 4 is 0 Å². The molecule has 2 spiro atoms. The third kappa shape index (κ3) is 4.71. The molecule has 6 fully saturated rings. The van der Waals surface area contributed by atoms with E-state index in [1.54, 1.807) is 13.2 Å². The first kappa shape index (κ1) is 36.4. The summed E-state index contributed by atoms with van der Waals surface area (Å²) in [6, 6.07) is 8.06. The van der Waals surface area contributed by atoms with Crippen LogP contribution in [0.15, 0.2) is 24.3 Å². The first-order valence-corrected chi connectivity index (χ1v) is 21.9. The van der Waals surface area contributed by atoms with Crippen LogP contribution in [0.1, 0.15) is 99.3 Å². The number of aliphatic hydroxyl groups excluding tert-OH is 2. The second kappa shape index (κ2) is 12.9. The summed E-state index contributed by atoms with van der Waals surface area (Å²) in [5.74, 6) is 3.66. The largest absolute Gasteiger partial charge is 0.504 e. The van der Waals surface area contributed by atoms with Gasteiger partial charge in [0.2, 0.25) is 0 Å². The molecular formula is C45H60N2O9. The van der Waals surface area contributed by atoms with E-state index in [-0.39, 0.29) is 17.8 Å². The molecule has 10 atom stereocenters. The maximum atomic E-state index is 12.3. The summed E-state index contributed by atoms with van der Waals surface area (Å²) in [6.45, 7) is 5.03. The number of piperidine rings is 2. The topological polar surface area (TPSA) is 145 Å². The fourth-order valence-electron chi connectivity index (χ4n) is 14.0. The summed E-state index contributed by atoms with van der Waals surface area (Å²) in [7, 11) is 1.66. The number of aliphatic hydroxyl groups is 4. The summed E-state index contributed by atoms with van der Waals surface area (Å²) >= 11 is 0. The van der Waals surface area contributed by atoms with Gasteiger partial charge in [-0.15, -0.1) is 0 Å². The lowest BCUT2D eigenvalue weighted by Crippen LogP contribution is -2.77. The Morgan fingerprint density at radius 2 is 1.20 bits per heavy atom. The molecule has 5 N–H and O–H groups in total. The molecule has 0 radical (unpaired) electrons. The van der Waals surface area contributed by atoms with Crippen LogP contribution in [0.2, 0.25) is 0 Å². The van der Waals surface area contributed by atoms with E-state index in [4.69, 9.17) is 18.9 Å². The van der Waals surface area contributed by atoms with E-state index < -0.39 is 46.4 Å². The predicted octanol–water partition coefficient (Wildman–Crippen LogP) is 3.73. The van der Waals surface area contributed by atoms with Crippen LogP contribution >= 0.6 is 0 Å². The lowest BCUT2D eigenvalue weighted by Gasteiger charge is -2.64. The quantitative estimate of drug-likeness (QED) is 0.251. The second-order valence-corrected chi connectivity index (χ2v) is 19.3. The van der Waals surface area contributed by atoms with Gasteiger partial charge in [0.1, 0.15) is 18.8 Å². The van der Waals surface area contributed by atoms with Gasteiger partial charge < -0.3 is 44.5 Å². The van der Waals surface area contributed by atoms with E-state index in [9.17, 15) is 25.5 Å². The van der Waals surface area contributed by atoms with E-state index in [0.29, 0.717) is 50.4 Å². The molecule has 56 heavy (non-hydrogen) atoms. The molecule has 6 aliphatic carbocycles. The Morgan fingerprint density at radius 3 is 1.71 bits per heavy atom. The van der Waals surface area contributed by atoms with Crippen LogP contribution in [0.25, 0.3) is 0 Å². The lowest BCUT2D eigenvalue weighted by atomic mass is 9.48. The number of rotatable bonds is 8. The first-order valence-electron chi connectivity index (χ1n) is 21.9. The molecule has 0 amide bonds. The number of benzene rings is 2. The van der Waals surface area contributed by atoms with Crippen molar-refractivity contribution in [1.82, 2.24) is 9.80 Å². The van der Waals surface area contributed by atoms with Crippen LogP contribution < -0.4 is 14.2 Å². The highest BCUT2D eigenvalue weighted by Crippen LogP contribution is 2.67. The van der Waals surface area contributed by atoms with Gasteiger partial charge in [-0.1, -0.05) is 25.0 Å². The number of nitrogens with zero attached hydrogens (tertiary/aromatic N) is 2. The van der Waals surface area contributed by atoms with Crippen LogP contribution in [-0.4, -0.2) is 130 Å². The van der Waals surface area contributed by atoms with Crippen molar-refractivity contribution in [2.24, 2.45) is 11.8 Å². The molecule has 0 unspecified atom stereocenters. The first-order chi connectivity index (χ1) is 27.1. The van der Waals surface area contributed by atoms with Gasteiger partial charge in [-0.3, -0.25) is 9.80 Å². The summed E-state index contributed by atoms with van der Waals surface area (Å²) in [4.78, 5) is 5.09. The minimum Gasteiger partial charge on any atom is -0.504 e. The second-order valence-electron chi connectivity index (χ2n) is 19.3. The van der Waals surface area contributed by atoms with Crippen molar-refractivity contribution in [2.75, 3.05) is 46.5 Å². The monoisotopic (exact) mass is 772 g/mol. The molecule has 11 heteroatoms. The average Bonchev–Trinajstić information content (AvgIpc) is 3.70. The van der Waals surface area contributed by atoms with Gasteiger partial charge in [0.15, 0.2) is 23.0 Å². The van der Waals surface area contributed by atoms with Gasteiger partial charge in [0.25, 0.3) is 0 Å². The van der Waals surface area contributed by atoms with Crippen LogP contribution in [0.3, 0.4) is 0 Å². The fourth-order valence-corrected chi connectivity index (χ4v) is 14.0. The van der Waals surface area contributed by atoms with Gasteiger partial charge >= 0.3 is 0 Å². The average molecular weight is 773 g/mol. The van der Waals surface area contributed by atoms with E-state index in [1.807, 2.05) is 12.1 Å². The number of likely N-dealkylation sites (tertiary alicyclic amines) is 2. The number of phenols is 1. The van der Waals surface area contributed by atoms with Crippen molar-refractivity contribution in [3.05, 3.63) is 46.5 Å². The maximum Gasteiger partial charge on any atom is 0.166 e. The normalized spacial score (nSPS) is 41.2. The third-order valence-electron chi connectivity index (χ3n) is 17.0.